The maximum absolute atomic E-state index is 12.0. The van der Waals surface area contributed by atoms with Crippen molar-refractivity contribution in [3.63, 3.8) is 0 Å². The molecule has 0 heterocycles. The van der Waals surface area contributed by atoms with Crippen LogP contribution >= 0.6 is 0 Å². The van der Waals surface area contributed by atoms with E-state index in [1.165, 1.54) is 12.8 Å². The Morgan fingerprint density at radius 3 is 2.47 bits per heavy atom. The van der Waals surface area contributed by atoms with E-state index in [0.717, 1.165) is 19.1 Å². The molecule has 1 amide bonds. The zero-order valence-electron chi connectivity index (χ0n) is 11.4. The third-order valence-corrected chi connectivity index (χ3v) is 3.39. The maximum atomic E-state index is 12.0. The fraction of sp³-hybridized carbons (Fsp3) is 0.500. The van der Waals surface area contributed by atoms with Crippen molar-refractivity contribution in [2.45, 2.75) is 25.8 Å². The van der Waals surface area contributed by atoms with Crippen molar-refractivity contribution in [1.82, 2.24) is 10.2 Å². The average molecular weight is 262 g/mol. The summed E-state index contributed by atoms with van der Waals surface area (Å²) in [5.74, 6) is -0.120. The van der Waals surface area contributed by atoms with Crippen LogP contribution in [0.3, 0.4) is 0 Å². The number of nitrogens with two attached hydrogens (primary N) is 2. The average Bonchev–Trinajstić information content (AvgIpc) is 3.17. The highest BCUT2D eigenvalue weighted by Crippen LogP contribution is 2.25. The number of hydrogen-bond acceptors (Lipinski definition) is 4. The quantitative estimate of drug-likeness (QED) is 0.669. The second kappa shape index (κ2) is 5.93. The van der Waals surface area contributed by atoms with E-state index in [2.05, 4.69) is 17.1 Å². The molecule has 5 N–H and O–H groups in total. The Morgan fingerprint density at radius 2 is 1.95 bits per heavy atom. The van der Waals surface area contributed by atoms with Crippen LogP contribution in [-0.2, 0) is 0 Å². The minimum absolute atomic E-state index is 0.120. The number of likely N-dealkylation sites (N-methyl/N-ethyl adjacent to an activating group) is 1. The van der Waals surface area contributed by atoms with Gasteiger partial charge in [-0.25, -0.2) is 0 Å². The van der Waals surface area contributed by atoms with Gasteiger partial charge in [-0.2, -0.15) is 0 Å². The number of anilines is 2. The summed E-state index contributed by atoms with van der Waals surface area (Å²) in [4.78, 5) is 14.4. The predicted octanol–water partition coefficient (Wildman–Crippen LogP) is 1.07. The van der Waals surface area contributed by atoms with Gasteiger partial charge in [0.05, 0.1) is 0 Å². The number of benzene rings is 1. The Kier molecular flexibility index (Phi) is 4.27. The number of carbonyl (C=O) groups excluding carboxylic acids is 1. The fourth-order valence-corrected chi connectivity index (χ4v) is 2.26. The topological polar surface area (TPSA) is 84.4 Å². The lowest BCUT2D eigenvalue weighted by Crippen LogP contribution is -2.36. The van der Waals surface area contributed by atoms with E-state index in [0.29, 0.717) is 23.5 Å². The first-order valence-corrected chi connectivity index (χ1v) is 6.78. The fourth-order valence-electron chi connectivity index (χ4n) is 2.26. The van der Waals surface area contributed by atoms with E-state index in [9.17, 15) is 4.79 Å². The summed E-state index contributed by atoms with van der Waals surface area (Å²) in [6, 6.07) is 5.65. The van der Waals surface area contributed by atoms with Crippen LogP contribution in [-0.4, -0.2) is 36.5 Å². The first kappa shape index (κ1) is 13.7. The van der Waals surface area contributed by atoms with Crippen LogP contribution in [0.2, 0.25) is 0 Å². The molecule has 5 heteroatoms. The molecule has 1 saturated carbocycles. The highest BCUT2D eigenvalue weighted by Gasteiger charge is 2.27. The van der Waals surface area contributed by atoms with E-state index in [4.69, 9.17) is 11.5 Å². The number of nitrogens with one attached hydrogen (secondary N) is 1. The van der Waals surface area contributed by atoms with Gasteiger partial charge in [-0.3, -0.25) is 9.69 Å². The second-order valence-electron chi connectivity index (χ2n) is 5.00. The molecule has 0 unspecified atom stereocenters. The highest BCUT2D eigenvalue weighted by atomic mass is 16.1. The Labute approximate surface area is 113 Å². The van der Waals surface area contributed by atoms with Gasteiger partial charge in [0, 0.05) is 36.1 Å². The molecule has 0 saturated heterocycles. The summed E-state index contributed by atoms with van der Waals surface area (Å²) in [5, 5.41) is 2.91. The number of amides is 1. The SMILES string of the molecule is CCN(CCNC(=O)c1cc(N)cc(N)c1)C1CC1. The first-order chi connectivity index (χ1) is 9.10. The molecule has 1 fully saturated rings. The molecule has 19 heavy (non-hydrogen) atoms. The maximum Gasteiger partial charge on any atom is 0.251 e. The molecular formula is C14H22N4O. The number of rotatable bonds is 6. The van der Waals surface area contributed by atoms with E-state index in [1.54, 1.807) is 18.2 Å². The predicted molar refractivity (Wildman–Crippen MR) is 77.9 cm³/mol. The van der Waals surface area contributed by atoms with Gasteiger partial charge in [0.2, 0.25) is 0 Å². The summed E-state index contributed by atoms with van der Waals surface area (Å²) in [5.41, 5.74) is 12.9. The van der Waals surface area contributed by atoms with Crippen molar-refractivity contribution in [2.75, 3.05) is 31.1 Å². The van der Waals surface area contributed by atoms with Gasteiger partial charge in [-0.15, -0.1) is 0 Å². The van der Waals surface area contributed by atoms with Gasteiger partial charge in [0.1, 0.15) is 0 Å². The van der Waals surface area contributed by atoms with E-state index < -0.39 is 0 Å². The third-order valence-electron chi connectivity index (χ3n) is 3.39. The van der Waals surface area contributed by atoms with Crippen molar-refractivity contribution in [2.24, 2.45) is 0 Å². The molecule has 2 rings (SSSR count). The Balaban J connectivity index is 1.83. The van der Waals surface area contributed by atoms with Crippen LogP contribution in [0, 0.1) is 0 Å². The number of nitrogens with zero attached hydrogens (tertiary/aromatic N) is 1. The van der Waals surface area contributed by atoms with Crippen molar-refractivity contribution in [1.29, 1.82) is 0 Å². The van der Waals surface area contributed by atoms with Gasteiger partial charge >= 0.3 is 0 Å². The van der Waals surface area contributed by atoms with Crippen LogP contribution in [0.15, 0.2) is 18.2 Å². The molecule has 1 aliphatic rings. The lowest BCUT2D eigenvalue weighted by Gasteiger charge is -2.19. The summed E-state index contributed by atoms with van der Waals surface area (Å²) in [6.45, 7) is 4.73. The number of hydrogen-bond donors (Lipinski definition) is 3. The van der Waals surface area contributed by atoms with Crippen LogP contribution in [0.25, 0.3) is 0 Å². The smallest absolute Gasteiger partial charge is 0.251 e. The van der Waals surface area contributed by atoms with Gasteiger partial charge in [0.15, 0.2) is 0 Å². The molecule has 0 aromatic heterocycles. The van der Waals surface area contributed by atoms with Crippen molar-refractivity contribution in [3.05, 3.63) is 23.8 Å². The van der Waals surface area contributed by atoms with E-state index in [-0.39, 0.29) is 5.91 Å². The molecule has 104 valence electrons. The summed E-state index contributed by atoms with van der Waals surface area (Å²) < 4.78 is 0. The molecule has 0 atom stereocenters. The van der Waals surface area contributed by atoms with Crippen LogP contribution in [0.5, 0.6) is 0 Å². The molecule has 0 spiro atoms. The van der Waals surface area contributed by atoms with Gasteiger partial charge < -0.3 is 16.8 Å². The standard InChI is InChI=1S/C14H22N4O/c1-2-18(13-3-4-13)6-5-17-14(19)10-7-11(15)9-12(16)8-10/h7-9,13H,2-6,15-16H2,1H3,(H,17,19). The van der Waals surface area contributed by atoms with Crippen LogP contribution < -0.4 is 16.8 Å². The molecule has 0 bridgehead atoms. The molecule has 0 radical (unpaired) electrons. The van der Waals surface area contributed by atoms with Gasteiger partial charge in [-0.1, -0.05) is 6.92 Å². The number of carbonyl (C=O) groups is 1. The minimum atomic E-state index is -0.120. The summed E-state index contributed by atoms with van der Waals surface area (Å²) in [6.07, 6.45) is 2.57. The van der Waals surface area contributed by atoms with Crippen molar-refractivity contribution in [3.8, 4) is 0 Å². The van der Waals surface area contributed by atoms with Crippen LogP contribution in [0.4, 0.5) is 11.4 Å². The molecular weight excluding hydrogens is 240 g/mol. The summed E-state index contributed by atoms with van der Waals surface area (Å²) >= 11 is 0. The Hall–Kier alpha value is -1.75. The highest BCUT2D eigenvalue weighted by molar-refractivity contribution is 5.96. The lowest BCUT2D eigenvalue weighted by molar-refractivity contribution is 0.0948. The third kappa shape index (κ3) is 3.86. The first-order valence-electron chi connectivity index (χ1n) is 6.78. The Morgan fingerprint density at radius 1 is 1.32 bits per heavy atom. The minimum Gasteiger partial charge on any atom is -0.399 e. The molecule has 1 aromatic rings. The van der Waals surface area contributed by atoms with Gasteiger partial charge in [0.25, 0.3) is 5.91 Å². The second-order valence-corrected chi connectivity index (χ2v) is 5.00. The van der Waals surface area contributed by atoms with Gasteiger partial charge in [-0.05, 0) is 37.6 Å². The monoisotopic (exact) mass is 262 g/mol. The molecule has 1 aliphatic carbocycles. The van der Waals surface area contributed by atoms with Crippen LogP contribution in [0.1, 0.15) is 30.1 Å². The molecule has 5 nitrogen and oxygen atoms in total. The molecule has 0 aliphatic heterocycles. The zero-order chi connectivity index (χ0) is 13.8. The lowest BCUT2D eigenvalue weighted by atomic mass is 10.1. The van der Waals surface area contributed by atoms with E-state index in [1.807, 2.05) is 0 Å². The number of nitrogen functional groups attached to an aromatic ring is 2. The largest absolute Gasteiger partial charge is 0.399 e. The normalized spacial score (nSPS) is 14.6. The molecule has 1 aromatic carbocycles. The van der Waals surface area contributed by atoms with Crippen molar-refractivity contribution >= 4 is 17.3 Å². The van der Waals surface area contributed by atoms with E-state index >= 15 is 0 Å². The summed E-state index contributed by atoms with van der Waals surface area (Å²) in [7, 11) is 0. The zero-order valence-corrected chi connectivity index (χ0v) is 11.4. The Bertz CT molecular complexity index is 437. The van der Waals surface area contributed by atoms with Crippen molar-refractivity contribution < 1.29 is 4.79 Å².